The molecule has 2 rings (SSSR count). The number of benzene rings is 2. The third-order valence-electron chi connectivity index (χ3n) is 4.31. The normalized spacial score (nSPS) is 11.1. The van der Waals surface area contributed by atoms with Gasteiger partial charge in [-0.15, -0.1) is 0 Å². The quantitative estimate of drug-likeness (QED) is 0.314. The Kier molecular flexibility index (Phi) is 9.25. The lowest BCUT2D eigenvalue weighted by Crippen LogP contribution is -2.28. The summed E-state index contributed by atoms with van der Waals surface area (Å²) in [4.78, 5) is 37.2. The highest BCUT2D eigenvalue weighted by molar-refractivity contribution is 5.94. The fourth-order valence-electron chi connectivity index (χ4n) is 2.83. The molecule has 0 aliphatic carbocycles. The van der Waals surface area contributed by atoms with Crippen molar-refractivity contribution in [2.24, 2.45) is 5.92 Å². The van der Waals surface area contributed by atoms with Crippen LogP contribution in [0.1, 0.15) is 51.2 Å². The van der Waals surface area contributed by atoms with Gasteiger partial charge >= 0.3 is 17.9 Å². The summed E-state index contributed by atoms with van der Waals surface area (Å²) in [6.45, 7) is 5.49. The minimum absolute atomic E-state index is 0.0637. The second kappa shape index (κ2) is 11.9. The maximum absolute atomic E-state index is 12.6. The highest BCUT2D eigenvalue weighted by Crippen LogP contribution is 2.17. The second-order valence-corrected chi connectivity index (χ2v) is 8.22. The Hall–Kier alpha value is -3.15. The predicted octanol–water partition coefficient (Wildman–Crippen LogP) is 4.60. The van der Waals surface area contributed by atoms with Crippen LogP contribution in [0.2, 0.25) is 0 Å². The Balaban J connectivity index is 1.95. The van der Waals surface area contributed by atoms with Gasteiger partial charge in [-0.25, -0.2) is 0 Å². The lowest BCUT2D eigenvalue weighted by molar-refractivity contribution is -0.165. The molecule has 0 aliphatic rings. The van der Waals surface area contributed by atoms with Crippen molar-refractivity contribution in [1.82, 2.24) is 0 Å². The zero-order valence-electron chi connectivity index (χ0n) is 18.3. The van der Waals surface area contributed by atoms with E-state index in [0.29, 0.717) is 6.42 Å². The van der Waals surface area contributed by atoms with E-state index in [-0.39, 0.29) is 32.0 Å². The van der Waals surface area contributed by atoms with Crippen molar-refractivity contribution in [2.45, 2.75) is 58.8 Å². The zero-order valence-corrected chi connectivity index (χ0v) is 18.3. The summed E-state index contributed by atoms with van der Waals surface area (Å²) in [6.07, 6.45) is 0.548. The van der Waals surface area contributed by atoms with E-state index in [4.69, 9.17) is 14.2 Å². The van der Waals surface area contributed by atoms with Crippen LogP contribution in [0.15, 0.2) is 60.7 Å². The Morgan fingerprint density at radius 2 is 1.23 bits per heavy atom. The van der Waals surface area contributed by atoms with Crippen molar-refractivity contribution in [3.05, 3.63) is 71.8 Å². The summed E-state index contributed by atoms with van der Waals surface area (Å²) in [5, 5.41) is 0. The van der Waals surface area contributed by atoms with Crippen LogP contribution in [0.25, 0.3) is 0 Å². The van der Waals surface area contributed by atoms with Crippen LogP contribution in [-0.2, 0) is 41.8 Å². The molecule has 2 aromatic carbocycles. The van der Waals surface area contributed by atoms with Gasteiger partial charge < -0.3 is 14.2 Å². The summed E-state index contributed by atoms with van der Waals surface area (Å²) >= 11 is 0. The molecule has 0 unspecified atom stereocenters. The first-order chi connectivity index (χ1) is 14.7. The fraction of sp³-hybridized carbons (Fsp3) is 0.400. The molecule has 2 aromatic rings. The standard InChI is InChI=1S/C25H30O6/c1-25(2,3)31-22(26)16-10-15-21(23(27)29-17-19-11-6-4-7-12-19)24(28)30-18-20-13-8-5-9-14-20/h4-9,11-14,21H,10,15-18H2,1-3H3. The van der Waals surface area contributed by atoms with E-state index < -0.39 is 23.5 Å². The van der Waals surface area contributed by atoms with Crippen molar-refractivity contribution >= 4 is 17.9 Å². The average Bonchev–Trinajstić information content (AvgIpc) is 2.73. The van der Waals surface area contributed by atoms with E-state index >= 15 is 0 Å². The number of hydrogen-bond acceptors (Lipinski definition) is 6. The number of carbonyl (C=O) groups is 3. The van der Waals surface area contributed by atoms with Gasteiger partial charge in [-0.2, -0.15) is 0 Å². The van der Waals surface area contributed by atoms with Crippen molar-refractivity contribution in [2.75, 3.05) is 0 Å². The Bertz CT molecular complexity index is 784. The molecule has 0 saturated heterocycles. The molecule has 6 heteroatoms. The summed E-state index contributed by atoms with van der Waals surface area (Å²) < 4.78 is 16.0. The maximum Gasteiger partial charge on any atom is 0.320 e. The average molecular weight is 427 g/mol. The van der Waals surface area contributed by atoms with Crippen molar-refractivity contribution in [1.29, 1.82) is 0 Å². The van der Waals surface area contributed by atoms with E-state index in [9.17, 15) is 14.4 Å². The summed E-state index contributed by atoms with van der Waals surface area (Å²) in [5.74, 6) is -2.80. The van der Waals surface area contributed by atoms with Crippen LogP contribution in [0.5, 0.6) is 0 Å². The highest BCUT2D eigenvalue weighted by Gasteiger charge is 2.30. The lowest BCUT2D eigenvalue weighted by Gasteiger charge is -2.20. The van der Waals surface area contributed by atoms with Crippen molar-refractivity contribution < 1.29 is 28.6 Å². The van der Waals surface area contributed by atoms with E-state index in [1.807, 2.05) is 60.7 Å². The molecule has 31 heavy (non-hydrogen) atoms. The van der Waals surface area contributed by atoms with E-state index in [2.05, 4.69) is 0 Å². The minimum atomic E-state index is -1.10. The van der Waals surface area contributed by atoms with E-state index in [1.165, 1.54) is 0 Å². The van der Waals surface area contributed by atoms with Crippen LogP contribution < -0.4 is 0 Å². The van der Waals surface area contributed by atoms with Crippen LogP contribution in [0, 0.1) is 5.92 Å². The van der Waals surface area contributed by atoms with Gasteiger partial charge in [-0.1, -0.05) is 60.7 Å². The van der Waals surface area contributed by atoms with Crippen molar-refractivity contribution in [3.63, 3.8) is 0 Å². The first-order valence-electron chi connectivity index (χ1n) is 10.4. The fourth-order valence-corrected chi connectivity index (χ4v) is 2.83. The Labute approximate surface area is 183 Å². The molecule has 0 spiro atoms. The SMILES string of the molecule is CC(C)(C)OC(=O)CCCC(C(=O)OCc1ccccc1)C(=O)OCc1ccccc1. The number of rotatable bonds is 10. The molecule has 166 valence electrons. The summed E-state index contributed by atoms with van der Waals surface area (Å²) in [5.41, 5.74) is 1.06. The molecule has 0 fully saturated rings. The van der Waals surface area contributed by atoms with Gasteiger partial charge in [0, 0.05) is 6.42 Å². The van der Waals surface area contributed by atoms with Gasteiger partial charge in [0.25, 0.3) is 0 Å². The van der Waals surface area contributed by atoms with Crippen LogP contribution in [0.4, 0.5) is 0 Å². The third kappa shape index (κ3) is 9.47. The third-order valence-corrected chi connectivity index (χ3v) is 4.31. The van der Waals surface area contributed by atoms with Crippen LogP contribution in [-0.4, -0.2) is 23.5 Å². The second-order valence-electron chi connectivity index (χ2n) is 8.22. The molecule has 0 N–H and O–H groups in total. The Morgan fingerprint density at radius 1 is 0.774 bits per heavy atom. The summed E-state index contributed by atoms with van der Waals surface area (Å²) in [7, 11) is 0. The molecular formula is C25H30O6. The maximum atomic E-state index is 12.6. The molecule has 0 amide bonds. The van der Waals surface area contributed by atoms with Gasteiger partial charge in [0.1, 0.15) is 18.8 Å². The first-order valence-corrected chi connectivity index (χ1v) is 10.4. The zero-order chi connectivity index (χ0) is 22.7. The molecular weight excluding hydrogens is 396 g/mol. The van der Waals surface area contributed by atoms with Gasteiger partial charge in [0.15, 0.2) is 5.92 Å². The van der Waals surface area contributed by atoms with Crippen LogP contribution in [0.3, 0.4) is 0 Å². The number of esters is 3. The molecule has 0 atom stereocenters. The van der Waals surface area contributed by atoms with E-state index in [0.717, 1.165) is 11.1 Å². The number of carbonyl (C=O) groups excluding carboxylic acids is 3. The molecule has 0 bridgehead atoms. The van der Waals surface area contributed by atoms with E-state index in [1.54, 1.807) is 20.8 Å². The smallest absolute Gasteiger partial charge is 0.320 e. The van der Waals surface area contributed by atoms with Gasteiger partial charge in [-0.3, -0.25) is 14.4 Å². The minimum Gasteiger partial charge on any atom is -0.460 e. The van der Waals surface area contributed by atoms with Gasteiger partial charge in [0.05, 0.1) is 0 Å². The largest absolute Gasteiger partial charge is 0.460 e. The van der Waals surface area contributed by atoms with Gasteiger partial charge in [0.2, 0.25) is 0 Å². The topological polar surface area (TPSA) is 78.9 Å². The van der Waals surface area contributed by atoms with Crippen LogP contribution >= 0.6 is 0 Å². The highest BCUT2D eigenvalue weighted by atomic mass is 16.6. The predicted molar refractivity (Wildman–Crippen MR) is 116 cm³/mol. The number of hydrogen-bond donors (Lipinski definition) is 0. The van der Waals surface area contributed by atoms with Crippen molar-refractivity contribution in [3.8, 4) is 0 Å². The molecule has 0 radical (unpaired) electrons. The molecule has 0 heterocycles. The first kappa shape index (κ1) is 24.1. The lowest BCUT2D eigenvalue weighted by atomic mass is 10.0. The Morgan fingerprint density at radius 3 is 1.65 bits per heavy atom. The molecule has 0 aromatic heterocycles. The summed E-state index contributed by atoms with van der Waals surface area (Å²) in [6, 6.07) is 18.4. The molecule has 0 saturated carbocycles. The number of ether oxygens (including phenoxy) is 3. The van der Waals surface area contributed by atoms with Gasteiger partial charge in [-0.05, 0) is 44.7 Å². The monoisotopic (exact) mass is 426 g/mol. The molecule has 6 nitrogen and oxygen atoms in total. The molecule has 0 aliphatic heterocycles.